The fourth-order valence-electron chi connectivity index (χ4n) is 5.25. The van der Waals surface area contributed by atoms with Crippen molar-refractivity contribution in [2.75, 3.05) is 0 Å². The summed E-state index contributed by atoms with van der Waals surface area (Å²) in [7, 11) is 0. The molecule has 0 saturated carbocycles. The van der Waals surface area contributed by atoms with E-state index in [1.807, 2.05) is 0 Å². The lowest BCUT2D eigenvalue weighted by Gasteiger charge is -2.29. The van der Waals surface area contributed by atoms with Crippen molar-refractivity contribution in [3.05, 3.63) is 68.8 Å². The lowest BCUT2D eigenvalue weighted by molar-refractivity contribution is 0.737. The Balaban J connectivity index is 2.85. The summed E-state index contributed by atoms with van der Waals surface area (Å²) >= 11 is 0. The number of hydrogen-bond donors (Lipinski definition) is 0. The third-order valence-corrected chi connectivity index (χ3v) is 7.24. The highest BCUT2D eigenvalue weighted by Crippen LogP contribution is 2.41. The lowest BCUT2D eigenvalue weighted by atomic mass is 9.76. The maximum Gasteiger partial charge on any atom is 0.00668 e. The Kier molecular flexibility index (Phi) is 8.82. The van der Waals surface area contributed by atoms with Crippen molar-refractivity contribution in [2.45, 2.75) is 131 Å². The van der Waals surface area contributed by atoms with Crippen LogP contribution in [0.15, 0.2) is 24.3 Å². The Morgan fingerprint density at radius 1 is 0.281 bits per heavy atom. The zero-order valence-electron chi connectivity index (χ0n) is 23.4. The highest BCUT2D eigenvalue weighted by atomic mass is 14.3. The van der Waals surface area contributed by atoms with Gasteiger partial charge in [0.05, 0.1) is 0 Å². The summed E-state index contributed by atoms with van der Waals surface area (Å²) in [6, 6.07) is 10.2. The van der Waals surface area contributed by atoms with Gasteiger partial charge < -0.3 is 0 Å². The van der Waals surface area contributed by atoms with E-state index < -0.39 is 0 Å². The number of benzene rings is 2. The van der Waals surface area contributed by atoms with E-state index in [-0.39, 0.29) is 0 Å². The molecule has 0 unspecified atom stereocenters. The van der Waals surface area contributed by atoms with Crippen molar-refractivity contribution in [1.29, 1.82) is 0 Å². The number of hydrogen-bond acceptors (Lipinski definition) is 0. The second-order valence-electron chi connectivity index (χ2n) is 11.9. The molecule has 0 atom stereocenters. The second kappa shape index (κ2) is 10.6. The van der Waals surface area contributed by atoms with Crippen molar-refractivity contribution in [3.8, 4) is 0 Å². The van der Waals surface area contributed by atoms with Crippen LogP contribution in [0, 0.1) is 0 Å². The average Bonchev–Trinajstić information content (AvgIpc) is 2.70. The summed E-state index contributed by atoms with van der Waals surface area (Å²) in [5.74, 6) is 3.62. The van der Waals surface area contributed by atoms with Gasteiger partial charge in [-0.3, -0.25) is 0 Å². The molecule has 0 aliphatic rings. The standard InChI is InChI=1S/C32H50/c1-18(2)25-14-29(22(9)10)31(16-27(25)20(5)6)24(13)32-17-28(21(7)8)26(19(3)4)15-30(32)23(11)12/h14-24H,1-13H3. The molecule has 0 spiro atoms. The van der Waals surface area contributed by atoms with Gasteiger partial charge in [0.2, 0.25) is 0 Å². The maximum absolute atomic E-state index is 2.56. The molecule has 0 aromatic heterocycles. The van der Waals surface area contributed by atoms with Crippen molar-refractivity contribution < 1.29 is 0 Å². The molecule has 0 heteroatoms. The van der Waals surface area contributed by atoms with E-state index in [1.54, 1.807) is 0 Å². The van der Waals surface area contributed by atoms with Gasteiger partial charge in [-0.1, -0.05) is 114 Å². The molecule has 2 rings (SSSR count). The largest absolute Gasteiger partial charge is 0.0587 e. The normalized spacial score (nSPS) is 12.6. The van der Waals surface area contributed by atoms with Crippen LogP contribution < -0.4 is 0 Å². The van der Waals surface area contributed by atoms with Gasteiger partial charge in [0.15, 0.2) is 0 Å². The van der Waals surface area contributed by atoms with Crippen molar-refractivity contribution in [1.82, 2.24) is 0 Å². The first-order valence-electron chi connectivity index (χ1n) is 13.1. The van der Waals surface area contributed by atoms with E-state index in [1.165, 1.54) is 44.5 Å². The molecule has 32 heavy (non-hydrogen) atoms. The molecule has 0 heterocycles. The second-order valence-corrected chi connectivity index (χ2v) is 11.9. The molecule has 2 aromatic rings. The Morgan fingerprint density at radius 3 is 0.625 bits per heavy atom. The van der Waals surface area contributed by atoms with Gasteiger partial charge in [-0.15, -0.1) is 0 Å². The minimum absolute atomic E-state index is 0.391. The van der Waals surface area contributed by atoms with Crippen LogP contribution in [-0.4, -0.2) is 0 Å². The molecule has 0 N–H and O–H groups in total. The maximum atomic E-state index is 2.56. The van der Waals surface area contributed by atoms with E-state index in [0.29, 0.717) is 41.4 Å². The summed E-state index contributed by atoms with van der Waals surface area (Å²) in [6.07, 6.45) is 0. The van der Waals surface area contributed by atoms with Crippen molar-refractivity contribution in [3.63, 3.8) is 0 Å². The molecule has 0 bridgehead atoms. The molecule has 2 aromatic carbocycles. The van der Waals surface area contributed by atoms with Gasteiger partial charge in [-0.25, -0.2) is 0 Å². The zero-order chi connectivity index (χ0) is 24.5. The smallest absolute Gasteiger partial charge is 0.00668 e. The monoisotopic (exact) mass is 434 g/mol. The Labute approximate surface area is 200 Å². The van der Waals surface area contributed by atoms with Crippen LogP contribution in [0.25, 0.3) is 0 Å². The highest BCUT2D eigenvalue weighted by Gasteiger charge is 2.24. The van der Waals surface area contributed by atoms with Crippen LogP contribution in [-0.2, 0) is 0 Å². The van der Waals surface area contributed by atoms with Gasteiger partial charge in [0.1, 0.15) is 0 Å². The molecular formula is C32H50. The van der Waals surface area contributed by atoms with Crippen LogP contribution in [0.1, 0.15) is 176 Å². The first kappa shape index (κ1) is 26.7. The summed E-state index contributed by atoms with van der Waals surface area (Å²) in [6.45, 7) is 30.6. The lowest BCUT2D eigenvalue weighted by Crippen LogP contribution is -2.12. The highest BCUT2D eigenvalue weighted by molar-refractivity contribution is 5.51. The molecule has 178 valence electrons. The average molecular weight is 435 g/mol. The molecule has 0 saturated heterocycles. The van der Waals surface area contributed by atoms with Crippen molar-refractivity contribution >= 4 is 0 Å². The molecule has 0 amide bonds. The minimum Gasteiger partial charge on any atom is -0.0587 e. The van der Waals surface area contributed by atoms with Crippen LogP contribution in [0.4, 0.5) is 0 Å². The zero-order valence-corrected chi connectivity index (χ0v) is 23.4. The van der Waals surface area contributed by atoms with Crippen LogP contribution in [0.5, 0.6) is 0 Å². The third-order valence-electron chi connectivity index (χ3n) is 7.24. The van der Waals surface area contributed by atoms with Gasteiger partial charge in [0, 0.05) is 5.92 Å². The van der Waals surface area contributed by atoms with Gasteiger partial charge in [-0.2, -0.15) is 0 Å². The summed E-state index contributed by atoms with van der Waals surface area (Å²) < 4.78 is 0. The number of rotatable bonds is 8. The fourth-order valence-corrected chi connectivity index (χ4v) is 5.25. The molecule has 0 aliphatic carbocycles. The Morgan fingerprint density at radius 2 is 0.438 bits per heavy atom. The molecule has 0 radical (unpaired) electrons. The quantitative estimate of drug-likeness (QED) is 0.387. The summed E-state index contributed by atoms with van der Waals surface area (Å²) in [5, 5.41) is 0. The van der Waals surface area contributed by atoms with E-state index >= 15 is 0 Å². The minimum atomic E-state index is 0.391. The Hall–Kier alpha value is -1.56. The predicted molar refractivity (Wildman–Crippen MR) is 145 cm³/mol. The van der Waals surface area contributed by atoms with E-state index in [9.17, 15) is 0 Å². The van der Waals surface area contributed by atoms with Crippen LogP contribution in [0.3, 0.4) is 0 Å². The fraction of sp³-hybridized carbons (Fsp3) is 0.625. The summed E-state index contributed by atoms with van der Waals surface area (Å²) in [4.78, 5) is 0. The molecule has 0 aliphatic heterocycles. The van der Waals surface area contributed by atoms with Gasteiger partial charge >= 0.3 is 0 Å². The predicted octanol–water partition coefficient (Wildman–Crippen LogP) is 10.6. The molecule has 0 fully saturated rings. The van der Waals surface area contributed by atoms with E-state index in [0.717, 1.165) is 0 Å². The van der Waals surface area contributed by atoms with Crippen LogP contribution >= 0.6 is 0 Å². The van der Waals surface area contributed by atoms with Crippen LogP contribution in [0.2, 0.25) is 0 Å². The van der Waals surface area contributed by atoms with E-state index in [2.05, 4.69) is 114 Å². The first-order chi connectivity index (χ1) is 14.8. The molecular weight excluding hydrogens is 384 g/mol. The molecule has 0 nitrogen and oxygen atoms in total. The van der Waals surface area contributed by atoms with Gasteiger partial charge in [0.25, 0.3) is 0 Å². The summed E-state index contributed by atoms with van der Waals surface area (Å²) in [5.41, 5.74) is 12.2. The Bertz CT molecular complexity index is 831. The van der Waals surface area contributed by atoms with Gasteiger partial charge in [-0.05, 0) is 80.0 Å². The SMILES string of the molecule is CC(C)c1cc(C(C)C)c(C(C)c2cc(C(C)C)c(C(C)C)cc2C(C)C)cc1C(C)C. The third kappa shape index (κ3) is 5.49. The van der Waals surface area contributed by atoms with E-state index in [4.69, 9.17) is 0 Å². The van der Waals surface area contributed by atoms with Crippen molar-refractivity contribution in [2.24, 2.45) is 0 Å². The topological polar surface area (TPSA) is 0 Å². The first-order valence-corrected chi connectivity index (χ1v) is 13.1.